The van der Waals surface area contributed by atoms with Crippen LogP contribution in [0.25, 0.3) is 5.82 Å². The van der Waals surface area contributed by atoms with Crippen LogP contribution in [0.3, 0.4) is 0 Å². The Balaban J connectivity index is 1.54. The summed E-state index contributed by atoms with van der Waals surface area (Å²) in [6, 6.07) is 4.75. The summed E-state index contributed by atoms with van der Waals surface area (Å²) in [5, 5.41) is 8.67. The standard InChI is InChI=1S/C30H41F2N7O4S/c1-19-22(17-36(8)34-19)39(44(41)42)26(40)21-9-10-23(33-25(21)37-16-20(27(2,3)4)15-28(37,5)6)38-14-11-24(35-38)43-18-30(12-13-30)29(7,31)32/h9-11,14,17,20H,12-13,15-16,18H2,1-8H3,(H,41,42)/t20-/m0/s1. The summed E-state index contributed by atoms with van der Waals surface area (Å²) in [7, 11) is 1.67. The third-order valence-electron chi connectivity index (χ3n) is 9.08. The number of carbonyl (C=O) groups is 1. The van der Waals surface area contributed by atoms with Crippen molar-refractivity contribution in [1.82, 2.24) is 24.5 Å². The van der Waals surface area contributed by atoms with E-state index in [-0.39, 0.29) is 35.1 Å². The molecule has 5 rings (SSSR count). The van der Waals surface area contributed by atoms with Crippen LogP contribution in [0.2, 0.25) is 0 Å². The molecule has 1 amide bonds. The highest BCUT2D eigenvalue weighted by atomic mass is 32.2. The van der Waals surface area contributed by atoms with Gasteiger partial charge in [0.2, 0.25) is 5.88 Å². The topological polar surface area (TPSA) is 119 Å². The molecule has 1 unspecified atom stereocenters. The lowest BCUT2D eigenvalue weighted by Gasteiger charge is -2.34. The number of aromatic nitrogens is 5. The van der Waals surface area contributed by atoms with Gasteiger partial charge in [-0.05, 0) is 63.5 Å². The molecule has 0 bridgehead atoms. The number of ether oxygens (including phenoxy) is 1. The Morgan fingerprint density at radius 3 is 2.39 bits per heavy atom. The van der Waals surface area contributed by atoms with Gasteiger partial charge in [-0.2, -0.15) is 9.40 Å². The van der Waals surface area contributed by atoms with Gasteiger partial charge in [0, 0.05) is 44.5 Å². The van der Waals surface area contributed by atoms with Gasteiger partial charge in [0.05, 0.1) is 16.7 Å². The minimum atomic E-state index is -2.84. The number of hydrogen-bond acceptors (Lipinski definition) is 7. The van der Waals surface area contributed by atoms with E-state index in [2.05, 4.69) is 49.7 Å². The number of carbonyl (C=O) groups excluding carboxylic acids is 1. The lowest BCUT2D eigenvalue weighted by molar-refractivity contribution is -0.0712. The fourth-order valence-corrected chi connectivity index (χ4v) is 6.47. The summed E-state index contributed by atoms with van der Waals surface area (Å²) in [5.41, 5.74) is -0.800. The van der Waals surface area contributed by atoms with Crippen molar-refractivity contribution in [3.05, 3.63) is 41.9 Å². The van der Waals surface area contributed by atoms with E-state index >= 15 is 0 Å². The Kier molecular flexibility index (Phi) is 7.93. The van der Waals surface area contributed by atoms with Crippen LogP contribution >= 0.6 is 0 Å². The first-order chi connectivity index (χ1) is 20.3. The van der Waals surface area contributed by atoms with Crippen molar-refractivity contribution < 1.29 is 27.1 Å². The maximum absolute atomic E-state index is 14.1. The Morgan fingerprint density at radius 1 is 1.18 bits per heavy atom. The summed E-state index contributed by atoms with van der Waals surface area (Å²) < 4.78 is 60.4. The molecule has 240 valence electrons. The molecule has 2 atom stereocenters. The van der Waals surface area contributed by atoms with Gasteiger partial charge in [-0.1, -0.05) is 20.8 Å². The van der Waals surface area contributed by atoms with Crippen LogP contribution in [0.1, 0.15) is 76.9 Å². The van der Waals surface area contributed by atoms with E-state index in [4.69, 9.17) is 9.72 Å². The quantitative estimate of drug-likeness (QED) is 0.305. The molecule has 1 aliphatic heterocycles. The van der Waals surface area contributed by atoms with Crippen molar-refractivity contribution in [2.24, 2.45) is 23.8 Å². The van der Waals surface area contributed by atoms with Crippen molar-refractivity contribution in [3.8, 4) is 11.7 Å². The highest BCUT2D eigenvalue weighted by Gasteiger charge is 2.59. The van der Waals surface area contributed by atoms with Gasteiger partial charge >= 0.3 is 0 Å². The van der Waals surface area contributed by atoms with Crippen molar-refractivity contribution in [1.29, 1.82) is 0 Å². The second-order valence-electron chi connectivity index (χ2n) is 13.9. The average molecular weight is 634 g/mol. The maximum Gasteiger partial charge on any atom is 0.275 e. The van der Waals surface area contributed by atoms with Crippen molar-refractivity contribution in [2.45, 2.75) is 79.2 Å². The van der Waals surface area contributed by atoms with E-state index in [0.717, 1.165) is 17.6 Å². The zero-order valence-electron chi connectivity index (χ0n) is 26.5. The van der Waals surface area contributed by atoms with Crippen LogP contribution in [0.15, 0.2) is 30.6 Å². The molecular weight excluding hydrogens is 592 g/mol. The van der Waals surface area contributed by atoms with Crippen molar-refractivity contribution in [3.63, 3.8) is 0 Å². The second-order valence-corrected chi connectivity index (χ2v) is 14.7. The molecule has 1 N–H and O–H groups in total. The predicted molar refractivity (Wildman–Crippen MR) is 164 cm³/mol. The van der Waals surface area contributed by atoms with E-state index in [1.807, 2.05) is 0 Å². The molecule has 0 aromatic carbocycles. The van der Waals surface area contributed by atoms with E-state index < -0.39 is 34.1 Å². The summed E-state index contributed by atoms with van der Waals surface area (Å²) in [4.78, 5) is 21.1. The average Bonchev–Trinajstić information content (AvgIpc) is 3.27. The first kappa shape index (κ1) is 32.0. The van der Waals surface area contributed by atoms with E-state index in [9.17, 15) is 22.3 Å². The highest BCUT2D eigenvalue weighted by Crippen LogP contribution is 2.56. The van der Waals surface area contributed by atoms with Crippen LogP contribution in [0, 0.1) is 23.7 Å². The molecule has 1 saturated carbocycles. The molecule has 44 heavy (non-hydrogen) atoms. The third-order valence-corrected chi connectivity index (χ3v) is 9.75. The van der Waals surface area contributed by atoms with Gasteiger partial charge in [0.25, 0.3) is 23.1 Å². The highest BCUT2D eigenvalue weighted by molar-refractivity contribution is 7.81. The number of rotatable bonds is 9. The molecule has 1 aliphatic carbocycles. The Labute approximate surface area is 259 Å². The number of alkyl halides is 2. The molecule has 2 fully saturated rings. The van der Waals surface area contributed by atoms with Crippen LogP contribution in [-0.4, -0.2) is 63.8 Å². The van der Waals surface area contributed by atoms with Crippen LogP contribution in [0.4, 0.5) is 20.3 Å². The second kappa shape index (κ2) is 10.9. The monoisotopic (exact) mass is 633 g/mol. The van der Waals surface area contributed by atoms with E-state index in [1.165, 1.54) is 15.6 Å². The smallest absolute Gasteiger partial charge is 0.275 e. The molecule has 0 radical (unpaired) electrons. The molecule has 14 heteroatoms. The summed E-state index contributed by atoms with van der Waals surface area (Å²) in [6.45, 7) is 13.8. The zero-order chi connectivity index (χ0) is 32.4. The first-order valence-electron chi connectivity index (χ1n) is 14.6. The van der Waals surface area contributed by atoms with Gasteiger partial charge in [0.1, 0.15) is 18.1 Å². The number of amides is 1. The zero-order valence-corrected chi connectivity index (χ0v) is 27.3. The van der Waals surface area contributed by atoms with Crippen molar-refractivity contribution in [2.75, 3.05) is 22.4 Å². The summed E-state index contributed by atoms with van der Waals surface area (Å²) in [6.07, 6.45) is 4.77. The molecule has 3 aromatic heterocycles. The van der Waals surface area contributed by atoms with Gasteiger partial charge < -0.3 is 9.64 Å². The summed E-state index contributed by atoms with van der Waals surface area (Å²) >= 11 is -2.68. The number of pyridine rings is 1. The van der Waals surface area contributed by atoms with Crippen LogP contribution in [-0.2, 0) is 18.3 Å². The third kappa shape index (κ3) is 5.97. The molecule has 11 nitrogen and oxygen atoms in total. The predicted octanol–water partition coefficient (Wildman–Crippen LogP) is 5.56. The van der Waals surface area contributed by atoms with Gasteiger partial charge in [0.15, 0.2) is 5.82 Å². The fraction of sp³-hybridized carbons (Fsp3) is 0.600. The van der Waals surface area contributed by atoms with Crippen LogP contribution < -0.4 is 13.9 Å². The normalized spacial score (nSPS) is 20.1. The lowest BCUT2D eigenvalue weighted by Crippen LogP contribution is -2.41. The van der Waals surface area contributed by atoms with Gasteiger partial charge in [-0.25, -0.2) is 22.7 Å². The number of aryl methyl sites for hydroxylation is 2. The Morgan fingerprint density at radius 2 is 1.86 bits per heavy atom. The lowest BCUT2D eigenvalue weighted by atomic mass is 9.78. The van der Waals surface area contributed by atoms with E-state index in [1.54, 1.807) is 38.4 Å². The molecule has 2 aliphatic rings. The summed E-state index contributed by atoms with van der Waals surface area (Å²) in [5.74, 6) is -2.36. The SMILES string of the molecule is Cc1nn(C)cc1N(C(=O)c1ccc(-n2ccc(OCC3(C(C)(F)F)CC3)n2)nc1N1C[C@@H](C(C)(C)C)CC1(C)C)S(=O)O. The largest absolute Gasteiger partial charge is 0.476 e. The fourth-order valence-electron chi connectivity index (χ4n) is 5.88. The molecular formula is C30H41F2N7O4S. The number of nitrogens with zero attached hydrogens (tertiary/aromatic N) is 7. The van der Waals surface area contributed by atoms with Gasteiger partial charge in [-0.15, -0.1) is 5.10 Å². The number of anilines is 2. The molecule has 0 spiro atoms. The molecule has 3 aromatic rings. The van der Waals surface area contributed by atoms with Gasteiger partial charge in [-0.3, -0.25) is 14.0 Å². The van der Waals surface area contributed by atoms with Crippen molar-refractivity contribution >= 4 is 28.7 Å². The molecule has 1 saturated heterocycles. The number of hydrogen-bond donors (Lipinski definition) is 1. The maximum atomic E-state index is 14.1. The number of halogens is 2. The van der Waals surface area contributed by atoms with E-state index in [0.29, 0.717) is 36.7 Å². The Bertz CT molecular complexity index is 1590. The minimum Gasteiger partial charge on any atom is -0.476 e. The molecule has 4 heterocycles. The Hall–Kier alpha value is -3.39. The first-order valence-corrected chi connectivity index (χ1v) is 15.7. The van der Waals surface area contributed by atoms with Crippen LogP contribution in [0.5, 0.6) is 5.88 Å². The minimum absolute atomic E-state index is 0.0122.